The largest absolute Gasteiger partial charge is 0.497 e. The summed E-state index contributed by atoms with van der Waals surface area (Å²) in [7, 11) is 3.20. The second kappa shape index (κ2) is 8.20. The lowest BCUT2D eigenvalue weighted by Crippen LogP contribution is -2.23. The van der Waals surface area contributed by atoms with Crippen LogP contribution in [0.4, 0.5) is 0 Å². The SMILES string of the molecule is COc1ccc(-c2cncc(OCc3c(C)cccc3-n3nnn(C)c3=O)c2)cc1. The highest BCUT2D eigenvalue weighted by molar-refractivity contribution is 5.64. The molecule has 4 aromatic rings. The van der Waals surface area contributed by atoms with Crippen LogP contribution in [0.3, 0.4) is 0 Å². The molecule has 2 aromatic heterocycles. The maximum Gasteiger partial charge on any atom is 0.368 e. The molecule has 0 N–H and O–H groups in total. The van der Waals surface area contributed by atoms with Gasteiger partial charge in [0.25, 0.3) is 0 Å². The van der Waals surface area contributed by atoms with Crippen LogP contribution >= 0.6 is 0 Å². The first-order chi connectivity index (χ1) is 14.6. The first-order valence-corrected chi connectivity index (χ1v) is 9.37. The van der Waals surface area contributed by atoms with E-state index in [2.05, 4.69) is 15.4 Å². The van der Waals surface area contributed by atoms with Gasteiger partial charge < -0.3 is 9.47 Å². The maximum atomic E-state index is 12.3. The molecule has 0 bridgehead atoms. The molecule has 0 aliphatic heterocycles. The molecule has 0 unspecified atom stereocenters. The third-order valence-corrected chi connectivity index (χ3v) is 4.86. The van der Waals surface area contributed by atoms with E-state index in [9.17, 15) is 4.79 Å². The summed E-state index contributed by atoms with van der Waals surface area (Å²) < 4.78 is 13.7. The molecule has 8 nitrogen and oxygen atoms in total. The Bertz CT molecular complexity index is 1230. The number of benzene rings is 2. The summed E-state index contributed by atoms with van der Waals surface area (Å²) in [6.45, 7) is 2.23. The molecule has 0 aliphatic rings. The quantitative estimate of drug-likeness (QED) is 0.492. The Morgan fingerprint density at radius 1 is 0.967 bits per heavy atom. The predicted molar refractivity (Wildman–Crippen MR) is 112 cm³/mol. The number of nitrogens with zero attached hydrogens (tertiary/aromatic N) is 5. The minimum Gasteiger partial charge on any atom is -0.497 e. The molecule has 0 aliphatic carbocycles. The van der Waals surface area contributed by atoms with Crippen LogP contribution in [0.5, 0.6) is 11.5 Å². The van der Waals surface area contributed by atoms with E-state index in [0.29, 0.717) is 11.4 Å². The van der Waals surface area contributed by atoms with E-state index in [4.69, 9.17) is 9.47 Å². The number of rotatable bonds is 6. The molecule has 0 spiro atoms. The zero-order chi connectivity index (χ0) is 21.1. The summed E-state index contributed by atoms with van der Waals surface area (Å²) in [6.07, 6.45) is 3.45. The Morgan fingerprint density at radius 3 is 2.47 bits per heavy atom. The van der Waals surface area contributed by atoms with Crippen molar-refractivity contribution in [1.82, 2.24) is 24.8 Å². The second-order valence-corrected chi connectivity index (χ2v) is 6.80. The van der Waals surface area contributed by atoms with Gasteiger partial charge in [0.05, 0.1) is 19.0 Å². The lowest BCUT2D eigenvalue weighted by Gasteiger charge is -2.13. The van der Waals surface area contributed by atoms with E-state index < -0.39 is 0 Å². The van der Waals surface area contributed by atoms with E-state index in [1.54, 1.807) is 26.6 Å². The van der Waals surface area contributed by atoms with Crippen LogP contribution in [0.25, 0.3) is 16.8 Å². The van der Waals surface area contributed by atoms with Crippen molar-refractivity contribution in [3.63, 3.8) is 0 Å². The van der Waals surface area contributed by atoms with Gasteiger partial charge in [0, 0.05) is 24.4 Å². The standard InChI is InChI=1S/C22H21N5O3/c1-15-5-4-6-21(27-22(28)26(2)24-25-27)20(15)14-30-19-11-17(12-23-13-19)16-7-9-18(29-3)10-8-16/h4-13H,14H2,1-3H3. The molecule has 0 amide bonds. The lowest BCUT2D eigenvalue weighted by molar-refractivity contribution is 0.303. The van der Waals surface area contributed by atoms with E-state index in [1.165, 1.54) is 9.36 Å². The lowest BCUT2D eigenvalue weighted by atomic mass is 10.1. The van der Waals surface area contributed by atoms with Gasteiger partial charge in [-0.1, -0.05) is 24.3 Å². The molecular formula is C22H21N5O3. The van der Waals surface area contributed by atoms with Crippen molar-refractivity contribution in [2.75, 3.05) is 7.11 Å². The average molecular weight is 403 g/mol. The molecule has 30 heavy (non-hydrogen) atoms. The smallest absolute Gasteiger partial charge is 0.368 e. The second-order valence-electron chi connectivity index (χ2n) is 6.80. The number of pyridine rings is 1. The van der Waals surface area contributed by atoms with Gasteiger partial charge in [0.2, 0.25) is 0 Å². The highest BCUT2D eigenvalue weighted by Crippen LogP contribution is 2.26. The third kappa shape index (κ3) is 3.80. The van der Waals surface area contributed by atoms with Crippen molar-refractivity contribution in [3.05, 3.63) is 82.5 Å². The van der Waals surface area contributed by atoms with Crippen LogP contribution in [0, 0.1) is 6.92 Å². The van der Waals surface area contributed by atoms with Crippen LogP contribution < -0.4 is 15.2 Å². The van der Waals surface area contributed by atoms with Crippen LogP contribution in [0.2, 0.25) is 0 Å². The van der Waals surface area contributed by atoms with Gasteiger partial charge in [-0.25, -0.2) is 4.79 Å². The van der Waals surface area contributed by atoms with Crippen molar-refractivity contribution in [2.24, 2.45) is 7.05 Å². The molecule has 152 valence electrons. The van der Waals surface area contributed by atoms with E-state index in [1.807, 2.05) is 55.5 Å². The Morgan fingerprint density at radius 2 is 1.77 bits per heavy atom. The monoisotopic (exact) mass is 403 g/mol. The molecule has 0 saturated heterocycles. The minimum absolute atomic E-state index is 0.263. The fourth-order valence-corrected chi connectivity index (χ4v) is 3.13. The zero-order valence-electron chi connectivity index (χ0n) is 16.9. The number of hydrogen-bond donors (Lipinski definition) is 0. The highest BCUT2D eigenvalue weighted by Gasteiger charge is 2.14. The van der Waals surface area contributed by atoms with Crippen molar-refractivity contribution in [3.8, 4) is 28.3 Å². The first kappa shape index (κ1) is 19.4. The average Bonchev–Trinajstić information content (AvgIpc) is 3.11. The van der Waals surface area contributed by atoms with Crippen LogP contribution in [-0.4, -0.2) is 31.9 Å². The van der Waals surface area contributed by atoms with E-state index in [0.717, 1.165) is 28.0 Å². The number of ether oxygens (including phenoxy) is 2. The molecule has 4 rings (SSSR count). The number of hydrogen-bond acceptors (Lipinski definition) is 6. The van der Waals surface area contributed by atoms with Crippen molar-refractivity contribution < 1.29 is 9.47 Å². The Hall–Kier alpha value is -3.94. The summed E-state index contributed by atoms with van der Waals surface area (Å²) in [6, 6.07) is 15.4. The Balaban J connectivity index is 1.60. The normalized spacial score (nSPS) is 10.8. The van der Waals surface area contributed by atoms with Gasteiger partial charge in [0.15, 0.2) is 0 Å². The van der Waals surface area contributed by atoms with Gasteiger partial charge in [-0.2, -0.15) is 9.36 Å². The predicted octanol–water partition coefficient (Wildman–Crippen LogP) is 2.92. The molecule has 2 heterocycles. The van der Waals surface area contributed by atoms with Gasteiger partial charge in [-0.15, -0.1) is 0 Å². The van der Waals surface area contributed by atoms with Gasteiger partial charge in [-0.3, -0.25) is 4.98 Å². The molecule has 0 atom stereocenters. The van der Waals surface area contributed by atoms with Crippen LogP contribution in [0.1, 0.15) is 11.1 Å². The van der Waals surface area contributed by atoms with Crippen molar-refractivity contribution in [2.45, 2.75) is 13.5 Å². The highest BCUT2D eigenvalue weighted by atomic mass is 16.5. The van der Waals surface area contributed by atoms with Crippen LogP contribution in [0.15, 0.2) is 65.7 Å². The summed E-state index contributed by atoms with van der Waals surface area (Å²) in [5, 5.41) is 7.75. The van der Waals surface area contributed by atoms with Gasteiger partial charge >= 0.3 is 5.69 Å². The first-order valence-electron chi connectivity index (χ1n) is 9.37. The number of methoxy groups -OCH3 is 1. The fraction of sp³-hybridized carbons (Fsp3) is 0.182. The zero-order valence-corrected chi connectivity index (χ0v) is 16.9. The van der Waals surface area contributed by atoms with Gasteiger partial charge in [-0.05, 0) is 52.7 Å². The van der Waals surface area contributed by atoms with Crippen LogP contribution in [-0.2, 0) is 13.7 Å². The van der Waals surface area contributed by atoms with Crippen molar-refractivity contribution >= 4 is 0 Å². The Labute approximate surface area is 173 Å². The molecule has 0 saturated carbocycles. The molecule has 0 radical (unpaired) electrons. The summed E-state index contributed by atoms with van der Waals surface area (Å²) >= 11 is 0. The van der Waals surface area contributed by atoms with Crippen molar-refractivity contribution in [1.29, 1.82) is 0 Å². The van der Waals surface area contributed by atoms with Gasteiger partial charge in [0.1, 0.15) is 18.1 Å². The molecular weight excluding hydrogens is 382 g/mol. The third-order valence-electron chi connectivity index (χ3n) is 4.86. The minimum atomic E-state index is -0.315. The Kier molecular flexibility index (Phi) is 5.30. The van der Waals surface area contributed by atoms with E-state index >= 15 is 0 Å². The molecule has 2 aromatic carbocycles. The maximum absolute atomic E-state index is 12.3. The summed E-state index contributed by atoms with van der Waals surface area (Å²) in [5.74, 6) is 1.43. The molecule has 8 heteroatoms. The number of aromatic nitrogens is 5. The fourth-order valence-electron chi connectivity index (χ4n) is 3.13. The number of aryl methyl sites for hydroxylation is 2. The summed E-state index contributed by atoms with van der Waals surface area (Å²) in [5.41, 5.74) is 4.12. The topological polar surface area (TPSA) is 84.1 Å². The van der Waals surface area contributed by atoms with E-state index in [-0.39, 0.29) is 12.3 Å². The summed E-state index contributed by atoms with van der Waals surface area (Å²) in [4.78, 5) is 16.6. The molecule has 0 fully saturated rings. The number of tetrazole rings is 1.